The maximum atomic E-state index is 12.8. The van der Waals surface area contributed by atoms with Crippen LogP contribution in [0.2, 0.25) is 0 Å². The molecule has 5 heteroatoms. The highest BCUT2D eigenvalue weighted by molar-refractivity contribution is 5.70. The molecule has 0 aromatic heterocycles. The summed E-state index contributed by atoms with van der Waals surface area (Å²) in [6.07, 6.45) is 0.204. The molecule has 1 aromatic carbocycles. The van der Waals surface area contributed by atoms with E-state index in [1.807, 2.05) is 6.07 Å². The molecule has 0 aliphatic rings. The number of carbonyl (C=O) groups excluding carboxylic acids is 1. The number of esters is 1. The number of benzene rings is 1. The largest absolute Gasteiger partial charge is 0.466 e. The Morgan fingerprint density at radius 3 is 3.00 bits per heavy atom. The van der Waals surface area contributed by atoms with Crippen molar-refractivity contribution in [2.75, 3.05) is 18.5 Å². The molecule has 4 nitrogen and oxygen atoms in total. The quantitative estimate of drug-likeness (QED) is 0.795. The lowest BCUT2D eigenvalue weighted by Crippen LogP contribution is -2.11. The number of carbonyl (C=O) groups is 1. The van der Waals surface area contributed by atoms with Gasteiger partial charge in [0.1, 0.15) is 11.9 Å². The molecule has 0 heterocycles. The fourth-order valence-electron chi connectivity index (χ4n) is 1.30. The molecule has 1 rings (SSSR count). The Labute approximate surface area is 99.0 Å². The molecule has 0 amide bonds. The van der Waals surface area contributed by atoms with Gasteiger partial charge < -0.3 is 10.1 Å². The highest BCUT2D eigenvalue weighted by Crippen LogP contribution is 2.15. The van der Waals surface area contributed by atoms with E-state index in [1.165, 1.54) is 12.1 Å². The van der Waals surface area contributed by atoms with Gasteiger partial charge in [-0.1, -0.05) is 0 Å². The molecule has 0 saturated heterocycles. The number of hydrogen-bond donors (Lipinski definition) is 1. The van der Waals surface area contributed by atoms with Gasteiger partial charge in [0, 0.05) is 6.54 Å². The lowest BCUT2D eigenvalue weighted by atomic mass is 10.2. The molecule has 0 unspecified atom stereocenters. The molecule has 0 aliphatic heterocycles. The van der Waals surface area contributed by atoms with Crippen molar-refractivity contribution in [1.82, 2.24) is 0 Å². The van der Waals surface area contributed by atoms with Crippen molar-refractivity contribution in [2.24, 2.45) is 0 Å². The number of nitrogens with one attached hydrogen (secondary N) is 1. The lowest BCUT2D eigenvalue weighted by molar-refractivity contribution is -0.142. The Bertz CT molecular complexity index is 441. The van der Waals surface area contributed by atoms with Gasteiger partial charge in [-0.25, -0.2) is 4.39 Å². The van der Waals surface area contributed by atoms with Crippen molar-refractivity contribution in [3.63, 3.8) is 0 Å². The summed E-state index contributed by atoms with van der Waals surface area (Å²) in [5.74, 6) is -0.766. The fraction of sp³-hybridized carbons (Fsp3) is 0.333. The summed E-state index contributed by atoms with van der Waals surface area (Å²) in [5, 5.41) is 11.7. The molecule has 0 aliphatic carbocycles. The first-order chi connectivity index (χ1) is 8.17. The summed E-state index contributed by atoms with van der Waals surface area (Å²) in [4.78, 5) is 11.1. The second kappa shape index (κ2) is 6.48. The van der Waals surface area contributed by atoms with Crippen LogP contribution in [0.25, 0.3) is 0 Å². The van der Waals surface area contributed by atoms with E-state index in [0.29, 0.717) is 18.8 Å². The normalized spacial score (nSPS) is 9.47. The van der Waals surface area contributed by atoms with Crippen LogP contribution in [0.3, 0.4) is 0 Å². The molecule has 0 fully saturated rings. The second-order valence-electron chi connectivity index (χ2n) is 3.28. The Kier molecular flexibility index (Phi) is 4.95. The zero-order chi connectivity index (χ0) is 12.7. The number of anilines is 1. The van der Waals surface area contributed by atoms with Crippen molar-refractivity contribution in [2.45, 2.75) is 13.3 Å². The topological polar surface area (TPSA) is 62.1 Å². The minimum Gasteiger partial charge on any atom is -0.466 e. The smallest absolute Gasteiger partial charge is 0.307 e. The van der Waals surface area contributed by atoms with E-state index in [2.05, 4.69) is 5.32 Å². The van der Waals surface area contributed by atoms with Gasteiger partial charge in [-0.3, -0.25) is 4.79 Å². The summed E-state index contributed by atoms with van der Waals surface area (Å²) < 4.78 is 17.6. The maximum absolute atomic E-state index is 12.8. The summed E-state index contributed by atoms with van der Waals surface area (Å²) >= 11 is 0. The van der Waals surface area contributed by atoms with Crippen LogP contribution in [-0.4, -0.2) is 19.1 Å². The number of hydrogen-bond acceptors (Lipinski definition) is 4. The molecule has 0 bridgehead atoms. The van der Waals surface area contributed by atoms with E-state index < -0.39 is 5.82 Å². The zero-order valence-electron chi connectivity index (χ0n) is 9.50. The highest BCUT2D eigenvalue weighted by Gasteiger charge is 2.05. The second-order valence-corrected chi connectivity index (χ2v) is 3.28. The van der Waals surface area contributed by atoms with E-state index in [1.54, 1.807) is 6.92 Å². The van der Waals surface area contributed by atoms with E-state index in [4.69, 9.17) is 10.00 Å². The summed E-state index contributed by atoms with van der Waals surface area (Å²) in [5.41, 5.74) is 0.729. The first-order valence-electron chi connectivity index (χ1n) is 5.26. The molecular formula is C12H13FN2O2. The predicted molar refractivity (Wildman–Crippen MR) is 60.9 cm³/mol. The van der Waals surface area contributed by atoms with E-state index >= 15 is 0 Å². The third-order valence-corrected chi connectivity index (χ3v) is 2.05. The van der Waals surface area contributed by atoms with E-state index in [9.17, 15) is 9.18 Å². The molecule has 90 valence electrons. The van der Waals surface area contributed by atoms with Crippen LogP contribution >= 0.6 is 0 Å². The van der Waals surface area contributed by atoms with Crippen molar-refractivity contribution in [3.05, 3.63) is 29.6 Å². The molecule has 1 aromatic rings. The van der Waals surface area contributed by atoms with Crippen LogP contribution in [0.1, 0.15) is 18.9 Å². The van der Waals surface area contributed by atoms with Gasteiger partial charge >= 0.3 is 5.97 Å². The Morgan fingerprint density at radius 2 is 2.35 bits per heavy atom. The van der Waals surface area contributed by atoms with E-state index in [-0.39, 0.29) is 18.0 Å². The average molecular weight is 236 g/mol. The van der Waals surface area contributed by atoms with Crippen LogP contribution in [-0.2, 0) is 9.53 Å². The SMILES string of the molecule is CCOC(=O)CCNc1ccc(F)cc1C#N. The van der Waals surface area contributed by atoms with Crippen LogP contribution in [0.15, 0.2) is 18.2 Å². The summed E-state index contributed by atoms with van der Waals surface area (Å²) in [6.45, 7) is 2.43. The number of halogens is 1. The monoisotopic (exact) mass is 236 g/mol. The summed E-state index contributed by atoms with van der Waals surface area (Å²) in [7, 11) is 0. The molecule has 0 atom stereocenters. The van der Waals surface area contributed by atoms with Gasteiger partial charge in [0.2, 0.25) is 0 Å². The van der Waals surface area contributed by atoms with Crippen LogP contribution in [0.4, 0.5) is 10.1 Å². The van der Waals surface area contributed by atoms with Gasteiger partial charge in [0.05, 0.1) is 24.3 Å². The van der Waals surface area contributed by atoms with Gasteiger partial charge in [0.15, 0.2) is 0 Å². The highest BCUT2D eigenvalue weighted by atomic mass is 19.1. The minimum absolute atomic E-state index is 0.204. The van der Waals surface area contributed by atoms with E-state index in [0.717, 1.165) is 6.07 Å². The fourth-order valence-corrected chi connectivity index (χ4v) is 1.30. The standard InChI is InChI=1S/C12H13FN2O2/c1-2-17-12(16)5-6-15-11-4-3-10(13)7-9(11)8-14/h3-4,7,15H,2,5-6H2,1H3. The Morgan fingerprint density at radius 1 is 1.59 bits per heavy atom. The predicted octanol–water partition coefficient (Wildman–Crippen LogP) is 2.06. The van der Waals surface area contributed by atoms with Gasteiger partial charge in [0.25, 0.3) is 0 Å². The molecule has 1 N–H and O–H groups in total. The summed E-state index contributed by atoms with van der Waals surface area (Å²) in [6, 6.07) is 5.76. The van der Waals surface area contributed by atoms with Crippen LogP contribution in [0, 0.1) is 17.1 Å². The van der Waals surface area contributed by atoms with Crippen molar-refractivity contribution in [3.8, 4) is 6.07 Å². The number of nitriles is 1. The van der Waals surface area contributed by atoms with Gasteiger partial charge in [-0.05, 0) is 25.1 Å². The lowest BCUT2D eigenvalue weighted by Gasteiger charge is -2.07. The minimum atomic E-state index is -0.461. The van der Waals surface area contributed by atoms with Gasteiger partial charge in [-0.2, -0.15) is 5.26 Å². The Balaban J connectivity index is 2.52. The average Bonchev–Trinajstić information content (AvgIpc) is 2.31. The third kappa shape index (κ3) is 4.11. The van der Waals surface area contributed by atoms with Crippen LogP contribution < -0.4 is 5.32 Å². The molecule has 0 saturated carbocycles. The molecule has 17 heavy (non-hydrogen) atoms. The number of rotatable bonds is 5. The van der Waals surface area contributed by atoms with Gasteiger partial charge in [-0.15, -0.1) is 0 Å². The van der Waals surface area contributed by atoms with Crippen LogP contribution in [0.5, 0.6) is 0 Å². The first kappa shape index (κ1) is 13.0. The first-order valence-corrected chi connectivity index (χ1v) is 5.26. The third-order valence-electron chi connectivity index (χ3n) is 2.05. The Hall–Kier alpha value is -2.09. The maximum Gasteiger partial charge on any atom is 0.307 e. The molecule has 0 spiro atoms. The van der Waals surface area contributed by atoms with Crippen molar-refractivity contribution >= 4 is 11.7 Å². The van der Waals surface area contributed by atoms with Crippen molar-refractivity contribution < 1.29 is 13.9 Å². The molecule has 0 radical (unpaired) electrons. The zero-order valence-corrected chi connectivity index (χ0v) is 9.50. The number of nitrogens with zero attached hydrogens (tertiary/aromatic N) is 1. The number of ether oxygens (including phenoxy) is 1. The molecular weight excluding hydrogens is 223 g/mol. The van der Waals surface area contributed by atoms with Crippen molar-refractivity contribution in [1.29, 1.82) is 5.26 Å².